The van der Waals surface area contributed by atoms with Gasteiger partial charge in [0.25, 0.3) is 0 Å². The Labute approximate surface area is 144 Å². The van der Waals surface area contributed by atoms with E-state index >= 15 is 0 Å². The van der Waals surface area contributed by atoms with Crippen molar-refractivity contribution in [1.29, 1.82) is 0 Å². The largest absolute Gasteiger partial charge is 0.461 e. The molecule has 4 rings (SSSR count). The molecule has 5 nitrogen and oxygen atoms in total. The van der Waals surface area contributed by atoms with Crippen molar-refractivity contribution in [2.24, 2.45) is 5.92 Å². The number of benzene rings is 1. The first-order valence-electron chi connectivity index (χ1n) is 9.22. The van der Waals surface area contributed by atoms with Crippen molar-refractivity contribution in [3.63, 3.8) is 0 Å². The maximum Gasteiger partial charge on any atom is 0.328 e. The number of hydrogen-bond donors (Lipinski definition) is 1. The second-order valence-electron chi connectivity index (χ2n) is 7.46. The lowest BCUT2D eigenvalue weighted by atomic mass is 10.1. The molecule has 0 unspecified atom stereocenters. The molecule has 0 radical (unpaired) electrons. The Balaban J connectivity index is 1.35. The molecule has 0 spiro atoms. The molecule has 1 aromatic rings. The summed E-state index contributed by atoms with van der Waals surface area (Å²) in [4.78, 5) is 16.9. The van der Waals surface area contributed by atoms with Gasteiger partial charge in [0, 0.05) is 50.5 Å². The molecule has 1 aliphatic carbocycles. The number of ether oxygens (including phenoxy) is 1. The minimum absolute atomic E-state index is 0.0118. The predicted octanol–water partition coefficient (Wildman–Crippen LogP) is 2.33. The van der Waals surface area contributed by atoms with Crippen LogP contribution in [-0.4, -0.2) is 55.7 Å². The first-order valence-corrected chi connectivity index (χ1v) is 9.22. The highest BCUT2D eigenvalue weighted by atomic mass is 16.6. The number of carbonyl (C=O) groups is 1. The van der Waals surface area contributed by atoms with Gasteiger partial charge in [-0.05, 0) is 43.9 Å². The topological polar surface area (TPSA) is 44.8 Å². The van der Waals surface area contributed by atoms with E-state index in [-0.39, 0.29) is 18.1 Å². The summed E-state index contributed by atoms with van der Waals surface area (Å²) in [6, 6.07) is 8.20. The second kappa shape index (κ2) is 6.63. The first kappa shape index (κ1) is 15.8. The third kappa shape index (κ3) is 3.66. The first-order chi connectivity index (χ1) is 11.7. The third-order valence-corrected chi connectivity index (χ3v) is 5.31. The predicted molar refractivity (Wildman–Crippen MR) is 95.4 cm³/mol. The zero-order chi connectivity index (χ0) is 16.5. The molecule has 5 heteroatoms. The molecule has 130 valence electrons. The summed E-state index contributed by atoms with van der Waals surface area (Å²) in [6.07, 6.45) is 3.60. The van der Waals surface area contributed by atoms with E-state index in [1.54, 1.807) is 0 Å². The van der Waals surface area contributed by atoms with Gasteiger partial charge in [-0.25, -0.2) is 4.79 Å². The number of rotatable bonds is 5. The van der Waals surface area contributed by atoms with Crippen LogP contribution in [-0.2, 0) is 9.53 Å². The number of hydrogen-bond acceptors (Lipinski definition) is 5. The van der Waals surface area contributed by atoms with Crippen molar-refractivity contribution in [3.05, 3.63) is 24.3 Å². The lowest BCUT2D eigenvalue weighted by molar-refractivity contribution is -0.141. The number of nitrogens with zero attached hydrogens (tertiary/aromatic N) is 2. The zero-order valence-electron chi connectivity index (χ0n) is 14.4. The van der Waals surface area contributed by atoms with E-state index in [0.29, 0.717) is 0 Å². The Morgan fingerprint density at radius 3 is 2.67 bits per heavy atom. The highest BCUT2D eigenvalue weighted by Gasteiger charge is 2.31. The Kier molecular flexibility index (Phi) is 4.35. The summed E-state index contributed by atoms with van der Waals surface area (Å²) in [6.45, 7) is 7.70. The van der Waals surface area contributed by atoms with Gasteiger partial charge < -0.3 is 15.0 Å². The molecule has 0 amide bonds. The molecule has 3 fully saturated rings. The molecule has 2 atom stereocenters. The Morgan fingerprint density at radius 1 is 1.21 bits per heavy atom. The average molecular weight is 329 g/mol. The summed E-state index contributed by atoms with van der Waals surface area (Å²) in [5, 5.41) is 3.33. The number of nitrogens with one attached hydrogen (secondary N) is 1. The van der Waals surface area contributed by atoms with Crippen LogP contribution in [0.5, 0.6) is 0 Å². The van der Waals surface area contributed by atoms with E-state index in [1.165, 1.54) is 25.1 Å². The summed E-state index contributed by atoms with van der Waals surface area (Å²) < 4.78 is 5.22. The van der Waals surface area contributed by atoms with Crippen LogP contribution < -0.4 is 10.2 Å². The molecule has 0 bridgehead atoms. The molecule has 1 aromatic carbocycles. The maximum absolute atomic E-state index is 11.8. The fraction of sp³-hybridized carbons (Fsp3) is 0.632. The van der Waals surface area contributed by atoms with E-state index in [2.05, 4.69) is 33.3 Å². The van der Waals surface area contributed by atoms with Gasteiger partial charge in [-0.15, -0.1) is 0 Å². The van der Waals surface area contributed by atoms with Gasteiger partial charge in [0.15, 0.2) is 0 Å². The minimum atomic E-state index is -0.217. The molecule has 1 saturated carbocycles. The normalized spacial score (nSPS) is 28.0. The van der Waals surface area contributed by atoms with Crippen LogP contribution >= 0.6 is 0 Å². The van der Waals surface area contributed by atoms with Crippen LogP contribution in [0.2, 0.25) is 0 Å². The molecule has 2 saturated heterocycles. The summed E-state index contributed by atoms with van der Waals surface area (Å²) >= 11 is 0. The smallest absolute Gasteiger partial charge is 0.328 e. The standard InChI is InChI=1S/C19H27N3O2/c1-14-11-18(19(23)24-14)20-16-3-2-4-17(12-16)22-9-7-21(8-10-22)13-15-5-6-15/h2-4,12,14-15,18,20H,5-11,13H2,1H3/t14-,18-/m0/s1. The fourth-order valence-electron chi connectivity index (χ4n) is 3.72. The number of carbonyl (C=O) groups excluding carboxylic acids is 1. The van der Waals surface area contributed by atoms with Crippen LogP contribution in [0.4, 0.5) is 11.4 Å². The van der Waals surface area contributed by atoms with E-state index < -0.39 is 0 Å². The molecule has 2 heterocycles. The quantitative estimate of drug-likeness (QED) is 0.840. The average Bonchev–Trinajstić information content (AvgIpc) is 3.33. The van der Waals surface area contributed by atoms with Crippen LogP contribution in [0, 0.1) is 5.92 Å². The summed E-state index contributed by atoms with van der Waals surface area (Å²) in [5.41, 5.74) is 2.24. The van der Waals surface area contributed by atoms with Gasteiger partial charge in [0.1, 0.15) is 12.1 Å². The third-order valence-electron chi connectivity index (χ3n) is 5.31. The molecular formula is C19H27N3O2. The number of esters is 1. The lowest BCUT2D eigenvalue weighted by Gasteiger charge is -2.36. The summed E-state index contributed by atoms with van der Waals surface area (Å²) in [7, 11) is 0. The van der Waals surface area contributed by atoms with Gasteiger partial charge in [-0.1, -0.05) is 6.07 Å². The van der Waals surface area contributed by atoms with Crippen molar-refractivity contribution < 1.29 is 9.53 Å². The Bertz CT molecular complexity index is 594. The van der Waals surface area contributed by atoms with E-state index in [9.17, 15) is 4.79 Å². The maximum atomic E-state index is 11.8. The molecule has 0 aromatic heterocycles. The van der Waals surface area contributed by atoms with Crippen LogP contribution in [0.15, 0.2) is 24.3 Å². The molecule has 24 heavy (non-hydrogen) atoms. The molecule has 2 aliphatic heterocycles. The Morgan fingerprint density at radius 2 is 2.00 bits per heavy atom. The van der Waals surface area contributed by atoms with Crippen LogP contribution in [0.1, 0.15) is 26.2 Å². The lowest BCUT2D eigenvalue weighted by Crippen LogP contribution is -2.47. The van der Waals surface area contributed by atoms with Crippen molar-refractivity contribution in [2.75, 3.05) is 42.9 Å². The van der Waals surface area contributed by atoms with Crippen LogP contribution in [0.3, 0.4) is 0 Å². The van der Waals surface area contributed by atoms with Crippen molar-refractivity contribution in [1.82, 2.24) is 4.90 Å². The highest BCUT2D eigenvalue weighted by Crippen LogP contribution is 2.30. The Hall–Kier alpha value is -1.75. The van der Waals surface area contributed by atoms with Gasteiger partial charge in [0.2, 0.25) is 0 Å². The van der Waals surface area contributed by atoms with E-state index in [4.69, 9.17) is 4.74 Å². The molecular weight excluding hydrogens is 302 g/mol. The van der Waals surface area contributed by atoms with Gasteiger partial charge in [-0.2, -0.15) is 0 Å². The zero-order valence-corrected chi connectivity index (χ0v) is 14.4. The number of piperazine rings is 1. The number of cyclic esters (lactones) is 1. The van der Waals surface area contributed by atoms with Gasteiger partial charge in [0.05, 0.1) is 0 Å². The van der Waals surface area contributed by atoms with Crippen molar-refractivity contribution in [3.8, 4) is 0 Å². The minimum Gasteiger partial charge on any atom is -0.461 e. The molecule has 3 aliphatic rings. The van der Waals surface area contributed by atoms with Crippen molar-refractivity contribution in [2.45, 2.75) is 38.3 Å². The van der Waals surface area contributed by atoms with E-state index in [1.807, 2.05) is 13.0 Å². The highest BCUT2D eigenvalue weighted by molar-refractivity contribution is 5.81. The SMILES string of the molecule is C[C@H]1C[C@H](Nc2cccc(N3CCN(CC4CC4)CC3)c2)C(=O)O1. The van der Waals surface area contributed by atoms with Crippen molar-refractivity contribution >= 4 is 17.3 Å². The van der Waals surface area contributed by atoms with Crippen LogP contribution in [0.25, 0.3) is 0 Å². The van der Waals surface area contributed by atoms with Gasteiger partial charge in [-0.3, -0.25) is 4.90 Å². The fourth-order valence-corrected chi connectivity index (χ4v) is 3.72. The second-order valence-corrected chi connectivity index (χ2v) is 7.46. The molecule has 1 N–H and O–H groups in total. The summed E-state index contributed by atoms with van der Waals surface area (Å²) in [5.74, 6) is 0.833. The van der Waals surface area contributed by atoms with Gasteiger partial charge >= 0.3 is 5.97 Å². The monoisotopic (exact) mass is 329 g/mol. The number of anilines is 2. The van der Waals surface area contributed by atoms with E-state index in [0.717, 1.165) is 44.2 Å².